The van der Waals surface area contributed by atoms with Gasteiger partial charge in [-0.25, -0.2) is 0 Å². The summed E-state index contributed by atoms with van der Waals surface area (Å²) >= 11 is 0. The van der Waals surface area contributed by atoms with E-state index >= 15 is 0 Å². The second-order valence-corrected chi connectivity index (χ2v) is 3.26. The number of hydrogen-bond acceptors (Lipinski definition) is 3. The first-order valence-electron chi connectivity index (χ1n) is 2.48. The van der Waals surface area contributed by atoms with Crippen LogP contribution in [0, 0.1) is 0 Å². The van der Waals surface area contributed by atoms with Gasteiger partial charge in [-0.3, -0.25) is 0 Å². The zero-order chi connectivity index (χ0) is 7.49. The Kier molecular flexibility index (Phi) is 2.70. The van der Waals surface area contributed by atoms with Crippen molar-refractivity contribution in [3.05, 3.63) is 11.8 Å². The van der Waals surface area contributed by atoms with Gasteiger partial charge in [-0.2, -0.15) is 8.42 Å². The van der Waals surface area contributed by atoms with Gasteiger partial charge in [0.15, 0.2) is 0 Å². The van der Waals surface area contributed by atoms with Crippen LogP contribution in [0.4, 0.5) is 0 Å². The molecular formula is C5H10O3S. The summed E-state index contributed by atoms with van der Waals surface area (Å²) in [6.07, 6.45) is 2.60. The fourth-order valence-corrected chi connectivity index (χ4v) is 0.861. The van der Waals surface area contributed by atoms with E-state index in [2.05, 4.69) is 4.18 Å². The Morgan fingerprint density at radius 3 is 2.11 bits per heavy atom. The van der Waals surface area contributed by atoms with Gasteiger partial charge in [-0.1, -0.05) is 0 Å². The van der Waals surface area contributed by atoms with Gasteiger partial charge in [-0.15, -0.1) is 0 Å². The highest BCUT2D eigenvalue weighted by molar-refractivity contribution is 7.86. The average molecular weight is 150 g/mol. The van der Waals surface area contributed by atoms with Crippen molar-refractivity contribution < 1.29 is 12.6 Å². The summed E-state index contributed by atoms with van der Waals surface area (Å²) in [6.45, 7) is 3.29. The smallest absolute Gasteiger partial charge is 0.305 e. The molecule has 9 heavy (non-hydrogen) atoms. The minimum Gasteiger partial charge on any atom is -0.388 e. The molecule has 0 fully saturated rings. The summed E-state index contributed by atoms with van der Waals surface area (Å²) in [5.41, 5.74) is 0. The average Bonchev–Trinajstić information content (AvgIpc) is 1.62. The summed E-state index contributed by atoms with van der Waals surface area (Å²) in [4.78, 5) is 0. The Morgan fingerprint density at radius 1 is 1.56 bits per heavy atom. The molecule has 0 saturated carbocycles. The van der Waals surface area contributed by atoms with Crippen LogP contribution in [0.2, 0.25) is 0 Å². The third-order valence-electron chi connectivity index (χ3n) is 0.689. The van der Waals surface area contributed by atoms with E-state index in [0.717, 1.165) is 6.26 Å². The minimum absolute atomic E-state index is 0.400. The predicted octanol–water partition coefficient (Wildman–Crippen LogP) is 0.886. The van der Waals surface area contributed by atoms with Gasteiger partial charge in [0.1, 0.15) is 5.76 Å². The van der Waals surface area contributed by atoms with Gasteiger partial charge in [0.05, 0.1) is 6.26 Å². The standard InChI is InChI=1S/C5H10O3S/c1-4-5(2)8-9(3,6)7/h4H,1-3H3. The van der Waals surface area contributed by atoms with Crippen LogP contribution in [0.15, 0.2) is 11.8 Å². The van der Waals surface area contributed by atoms with Crippen molar-refractivity contribution in [3.8, 4) is 0 Å². The number of rotatable bonds is 2. The van der Waals surface area contributed by atoms with E-state index in [1.165, 1.54) is 0 Å². The topological polar surface area (TPSA) is 43.4 Å². The van der Waals surface area contributed by atoms with Gasteiger partial charge in [0.2, 0.25) is 0 Å². The molecule has 0 N–H and O–H groups in total. The second-order valence-electron chi connectivity index (χ2n) is 1.69. The highest BCUT2D eigenvalue weighted by Gasteiger charge is 1.99. The van der Waals surface area contributed by atoms with E-state index in [4.69, 9.17) is 0 Å². The summed E-state index contributed by atoms with van der Waals surface area (Å²) in [5.74, 6) is 0.400. The van der Waals surface area contributed by atoms with Crippen LogP contribution in [0.25, 0.3) is 0 Å². The molecule has 0 bridgehead atoms. The maximum Gasteiger partial charge on any atom is 0.305 e. The lowest BCUT2D eigenvalue weighted by Crippen LogP contribution is -1.99. The van der Waals surface area contributed by atoms with Crippen LogP contribution < -0.4 is 0 Å². The Hall–Kier alpha value is -0.510. The first kappa shape index (κ1) is 8.49. The molecule has 0 radical (unpaired) electrons. The minimum atomic E-state index is -3.30. The SMILES string of the molecule is CC=C(C)OS(C)(=O)=O. The van der Waals surface area contributed by atoms with Crippen molar-refractivity contribution in [2.75, 3.05) is 6.26 Å². The van der Waals surface area contributed by atoms with Crippen LogP contribution in [0.1, 0.15) is 13.8 Å². The summed E-state index contributed by atoms with van der Waals surface area (Å²) in [7, 11) is -3.30. The first-order chi connectivity index (χ1) is 3.95. The summed E-state index contributed by atoms with van der Waals surface area (Å²) < 4.78 is 25.1. The van der Waals surface area contributed by atoms with Crippen molar-refractivity contribution in [2.24, 2.45) is 0 Å². The molecule has 0 spiro atoms. The van der Waals surface area contributed by atoms with Crippen LogP contribution in [-0.4, -0.2) is 14.7 Å². The monoisotopic (exact) mass is 150 g/mol. The lowest BCUT2D eigenvalue weighted by atomic mass is 10.5. The van der Waals surface area contributed by atoms with E-state index in [1.807, 2.05) is 0 Å². The zero-order valence-electron chi connectivity index (χ0n) is 5.71. The molecule has 0 saturated heterocycles. The molecule has 0 atom stereocenters. The highest BCUT2D eigenvalue weighted by atomic mass is 32.2. The van der Waals surface area contributed by atoms with Gasteiger partial charge in [-0.05, 0) is 19.9 Å². The summed E-state index contributed by atoms with van der Waals surface area (Å²) in [5, 5.41) is 0. The van der Waals surface area contributed by atoms with Crippen molar-refractivity contribution in [2.45, 2.75) is 13.8 Å². The zero-order valence-corrected chi connectivity index (χ0v) is 6.53. The van der Waals surface area contributed by atoms with Crippen molar-refractivity contribution in [1.29, 1.82) is 0 Å². The summed E-state index contributed by atoms with van der Waals surface area (Å²) in [6, 6.07) is 0. The van der Waals surface area contributed by atoms with Gasteiger partial charge in [0, 0.05) is 0 Å². The Bertz CT molecular complexity index is 200. The molecular weight excluding hydrogens is 140 g/mol. The molecule has 4 heteroatoms. The molecule has 0 aromatic heterocycles. The first-order valence-corrected chi connectivity index (χ1v) is 4.29. The Morgan fingerprint density at radius 2 is 2.00 bits per heavy atom. The van der Waals surface area contributed by atoms with Crippen LogP contribution >= 0.6 is 0 Å². The van der Waals surface area contributed by atoms with E-state index in [-0.39, 0.29) is 0 Å². The normalized spacial score (nSPS) is 13.4. The number of hydrogen-bond donors (Lipinski definition) is 0. The molecule has 0 aliphatic heterocycles. The highest BCUT2D eigenvalue weighted by Crippen LogP contribution is 1.98. The van der Waals surface area contributed by atoms with Crippen molar-refractivity contribution in [3.63, 3.8) is 0 Å². The molecule has 0 rings (SSSR count). The van der Waals surface area contributed by atoms with Crippen molar-refractivity contribution in [1.82, 2.24) is 0 Å². The van der Waals surface area contributed by atoms with Gasteiger partial charge < -0.3 is 4.18 Å². The fraction of sp³-hybridized carbons (Fsp3) is 0.600. The molecule has 0 aromatic rings. The maximum atomic E-state index is 10.3. The molecule has 0 aliphatic rings. The molecule has 3 nitrogen and oxygen atoms in total. The Balaban J connectivity index is 4.07. The third kappa shape index (κ3) is 5.36. The lowest BCUT2D eigenvalue weighted by Gasteiger charge is -1.99. The second kappa shape index (κ2) is 2.87. The largest absolute Gasteiger partial charge is 0.388 e. The van der Waals surface area contributed by atoms with E-state index < -0.39 is 10.1 Å². The molecule has 0 amide bonds. The molecule has 0 unspecified atom stereocenters. The van der Waals surface area contributed by atoms with Crippen LogP contribution in [-0.2, 0) is 14.3 Å². The molecule has 0 aromatic carbocycles. The van der Waals surface area contributed by atoms with E-state index in [1.54, 1.807) is 19.9 Å². The fourth-order valence-electron chi connectivity index (χ4n) is 0.287. The van der Waals surface area contributed by atoms with Crippen LogP contribution in [0.3, 0.4) is 0 Å². The molecule has 54 valence electrons. The van der Waals surface area contributed by atoms with Gasteiger partial charge in [0.25, 0.3) is 0 Å². The molecule has 0 heterocycles. The number of allylic oxidation sites excluding steroid dienone is 2. The Labute approximate surface area is 55.5 Å². The lowest BCUT2D eigenvalue weighted by molar-refractivity contribution is 0.413. The van der Waals surface area contributed by atoms with Crippen LogP contribution in [0.5, 0.6) is 0 Å². The van der Waals surface area contributed by atoms with Crippen molar-refractivity contribution >= 4 is 10.1 Å². The maximum absolute atomic E-state index is 10.3. The van der Waals surface area contributed by atoms with E-state index in [0.29, 0.717) is 5.76 Å². The third-order valence-corrected chi connectivity index (χ3v) is 1.25. The quantitative estimate of drug-likeness (QED) is 0.433. The molecule has 0 aliphatic carbocycles. The predicted molar refractivity (Wildman–Crippen MR) is 35.4 cm³/mol. The van der Waals surface area contributed by atoms with E-state index in [9.17, 15) is 8.42 Å². The van der Waals surface area contributed by atoms with Gasteiger partial charge >= 0.3 is 10.1 Å².